The van der Waals surface area contributed by atoms with E-state index in [1.807, 2.05) is 13.8 Å². The van der Waals surface area contributed by atoms with E-state index in [9.17, 15) is 8.42 Å². The first kappa shape index (κ1) is 14.6. The summed E-state index contributed by atoms with van der Waals surface area (Å²) in [6, 6.07) is 5.00. The lowest BCUT2D eigenvalue weighted by Crippen LogP contribution is -2.36. The summed E-state index contributed by atoms with van der Waals surface area (Å²) in [6.07, 6.45) is 3.10. The van der Waals surface area contributed by atoms with E-state index in [2.05, 4.69) is 11.6 Å². The number of hydrogen-bond acceptors (Lipinski definition) is 3. The number of nitrogen functional groups attached to an aromatic ring is 1. The van der Waals surface area contributed by atoms with Crippen LogP contribution in [0.25, 0.3) is 10.9 Å². The molecule has 108 valence electrons. The fraction of sp³-hybridized carbons (Fsp3) is 0.286. The molecular formula is C14H19N3O2S. The first-order valence-electron chi connectivity index (χ1n) is 6.37. The molecule has 0 amide bonds. The minimum Gasteiger partial charge on any atom is -0.399 e. The first-order chi connectivity index (χ1) is 9.37. The van der Waals surface area contributed by atoms with Gasteiger partial charge in [0, 0.05) is 35.4 Å². The molecule has 2 rings (SSSR count). The highest BCUT2D eigenvalue weighted by molar-refractivity contribution is 7.89. The number of hydrogen-bond donors (Lipinski definition) is 2. The van der Waals surface area contributed by atoms with Crippen molar-refractivity contribution >= 4 is 26.6 Å². The van der Waals surface area contributed by atoms with Gasteiger partial charge in [-0.2, -0.15) is 4.31 Å². The van der Waals surface area contributed by atoms with Crippen molar-refractivity contribution in [2.45, 2.75) is 24.8 Å². The Morgan fingerprint density at radius 1 is 1.45 bits per heavy atom. The Morgan fingerprint density at radius 3 is 2.75 bits per heavy atom. The minimum atomic E-state index is -3.57. The number of nitrogens with one attached hydrogen (secondary N) is 1. The summed E-state index contributed by atoms with van der Waals surface area (Å²) >= 11 is 0. The van der Waals surface area contributed by atoms with Gasteiger partial charge in [-0.15, -0.1) is 6.58 Å². The molecule has 1 aromatic carbocycles. The molecule has 2 aromatic rings. The Bertz CT molecular complexity index is 732. The summed E-state index contributed by atoms with van der Waals surface area (Å²) in [5, 5.41) is 0.647. The summed E-state index contributed by atoms with van der Waals surface area (Å²) in [4.78, 5) is 3.23. The number of fused-ring (bicyclic) bond motifs is 1. The van der Waals surface area contributed by atoms with E-state index in [0.717, 1.165) is 0 Å². The highest BCUT2D eigenvalue weighted by atomic mass is 32.2. The monoisotopic (exact) mass is 293 g/mol. The molecule has 0 aliphatic rings. The van der Waals surface area contributed by atoms with Crippen molar-refractivity contribution in [2.24, 2.45) is 0 Å². The summed E-state index contributed by atoms with van der Waals surface area (Å²) in [7, 11) is -3.57. The van der Waals surface area contributed by atoms with Crippen LogP contribution in [0.5, 0.6) is 0 Å². The van der Waals surface area contributed by atoms with Crippen LogP contribution in [-0.2, 0) is 10.0 Å². The van der Waals surface area contributed by atoms with Gasteiger partial charge in [0.05, 0.1) is 0 Å². The molecule has 0 spiro atoms. The second-order valence-corrected chi connectivity index (χ2v) is 6.77. The number of benzene rings is 1. The maximum atomic E-state index is 12.8. The van der Waals surface area contributed by atoms with Crippen molar-refractivity contribution in [3.8, 4) is 0 Å². The lowest BCUT2D eigenvalue weighted by atomic mass is 10.2. The Labute approximate surface area is 119 Å². The van der Waals surface area contributed by atoms with Crippen LogP contribution in [0.15, 0.2) is 41.9 Å². The molecule has 0 fully saturated rings. The third-order valence-electron chi connectivity index (χ3n) is 3.14. The largest absolute Gasteiger partial charge is 0.399 e. The Morgan fingerprint density at radius 2 is 2.15 bits per heavy atom. The van der Waals surface area contributed by atoms with Gasteiger partial charge in [0.15, 0.2) is 0 Å². The highest BCUT2D eigenvalue weighted by Crippen LogP contribution is 2.27. The van der Waals surface area contributed by atoms with Gasteiger partial charge in [-0.05, 0) is 32.0 Å². The Balaban J connectivity index is 2.59. The van der Waals surface area contributed by atoms with Gasteiger partial charge in [0.2, 0.25) is 10.0 Å². The van der Waals surface area contributed by atoms with E-state index in [4.69, 9.17) is 5.73 Å². The summed E-state index contributed by atoms with van der Waals surface area (Å²) < 4.78 is 26.9. The van der Waals surface area contributed by atoms with Crippen molar-refractivity contribution < 1.29 is 8.42 Å². The van der Waals surface area contributed by atoms with Gasteiger partial charge in [-0.1, -0.05) is 6.08 Å². The van der Waals surface area contributed by atoms with Crippen LogP contribution in [0.2, 0.25) is 0 Å². The van der Waals surface area contributed by atoms with Crippen molar-refractivity contribution in [1.29, 1.82) is 0 Å². The van der Waals surface area contributed by atoms with Crippen molar-refractivity contribution in [2.75, 3.05) is 12.3 Å². The summed E-state index contributed by atoms with van der Waals surface area (Å²) in [6.45, 7) is 7.58. The van der Waals surface area contributed by atoms with E-state index in [1.165, 1.54) is 10.5 Å². The molecule has 1 heterocycles. The molecule has 20 heavy (non-hydrogen) atoms. The van der Waals surface area contributed by atoms with Gasteiger partial charge in [-0.3, -0.25) is 0 Å². The van der Waals surface area contributed by atoms with Crippen LogP contribution in [0.3, 0.4) is 0 Å². The fourth-order valence-electron chi connectivity index (χ4n) is 2.17. The van der Waals surface area contributed by atoms with E-state index < -0.39 is 10.0 Å². The third-order valence-corrected chi connectivity index (χ3v) is 5.22. The number of H-pyrrole nitrogens is 1. The zero-order valence-electron chi connectivity index (χ0n) is 11.6. The topological polar surface area (TPSA) is 79.2 Å². The Hall–Kier alpha value is -1.79. The summed E-state index contributed by atoms with van der Waals surface area (Å²) in [5.74, 6) is 0. The lowest BCUT2D eigenvalue weighted by Gasteiger charge is -2.24. The number of nitrogens with two attached hydrogens (primary N) is 1. The standard InChI is InChI=1S/C14H19N3O2S/c1-4-7-17(10(2)3)20(18,19)14-9-16-13-8-11(15)5-6-12(13)14/h4-6,8-10,16H,1,7,15H2,2-3H3. The zero-order valence-corrected chi connectivity index (χ0v) is 12.4. The molecular weight excluding hydrogens is 274 g/mol. The number of sulfonamides is 1. The van der Waals surface area contributed by atoms with Gasteiger partial charge < -0.3 is 10.7 Å². The SMILES string of the molecule is C=CCN(C(C)C)S(=O)(=O)c1c[nH]c2cc(N)ccc12. The molecule has 0 unspecified atom stereocenters. The zero-order chi connectivity index (χ0) is 14.9. The van der Waals surface area contributed by atoms with Crippen LogP contribution >= 0.6 is 0 Å². The number of anilines is 1. The van der Waals surface area contributed by atoms with Crippen molar-refractivity contribution in [3.05, 3.63) is 37.1 Å². The molecule has 0 radical (unpaired) electrons. The smallest absolute Gasteiger partial charge is 0.245 e. The summed E-state index contributed by atoms with van der Waals surface area (Å²) in [5.41, 5.74) is 7.01. The molecule has 0 saturated heterocycles. The van der Waals surface area contributed by atoms with E-state index in [0.29, 0.717) is 16.6 Å². The lowest BCUT2D eigenvalue weighted by molar-refractivity contribution is 0.383. The number of nitrogens with zero attached hydrogens (tertiary/aromatic N) is 1. The van der Waals surface area contributed by atoms with Crippen LogP contribution in [-0.4, -0.2) is 30.3 Å². The van der Waals surface area contributed by atoms with Crippen LogP contribution in [0.1, 0.15) is 13.8 Å². The highest BCUT2D eigenvalue weighted by Gasteiger charge is 2.28. The predicted octanol–water partition coefficient (Wildman–Crippen LogP) is 2.34. The average Bonchev–Trinajstić information content (AvgIpc) is 2.78. The normalized spacial score (nSPS) is 12.4. The quantitative estimate of drug-likeness (QED) is 0.656. The Kier molecular flexibility index (Phi) is 3.87. The minimum absolute atomic E-state index is 0.142. The molecule has 3 N–H and O–H groups in total. The third kappa shape index (κ3) is 2.44. The maximum absolute atomic E-state index is 12.8. The van der Waals surface area contributed by atoms with Crippen LogP contribution in [0, 0.1) is 0 Å². The van der Waals surface area contributed by atoms with E-state index >= 15 is 0 Å². The molecule has 5 nitrogen and oxygen atoms in total. The maximum Gasteiger partial charge on any atom is 0.245 e. The molecule has 0 aliphatic heterocycles. The van der Waals surface area contributed by atoms with Gasteiger partial charge in [0.1, 0.15) is 4.90 Å². The molecule has 0 saturated carbocycles. The van der Waals surface area contributed by atoms with Crippen LogP contribution in [0.4, 0.5) is 5.69 Å². The van der Waals surface area contributed by atoms with Crippen LogP contribution < -0.4 is 5.73 Å². The van der Waals surface area contributed by atoms with Gasteiger partial charge in [0.25, 0.3) is 0 Å². The number of rotatable bonds is 5. The molecule has 1 aromatic heterocycles. The molecule has 6 heteroatoms. The molecule has 0 atom stereocenters. The van der Waals surface area contributed by atoms with Gasteiger partial charge >= 0.3 is 0 Å². The van der Waals surface area contributed by atoms with E-state index in [1.54, 1.807) is 24.3 Å². The fourth-order valence-corrected chi connectivity index (χ4v) is 3.94. The van der Waals surface area contributed by atoms with Gasteiger partial charge in [-0.25, -0.2) is 8.42 Å². The first-order valence-corrected chi connectivity index (χ1v) is 7.81. The number of aromatic amines is 1. The van der Waals surface area contributed by atoms with E-state index in [-0.39, 0.29) is 17.5 Å². The molecule has 0 aliphatic carbocycles. The second-order valence-electron chi connectivity index (χ2n) is 4.92. The number of aromatic nitrogens is 1. The van der Waals surface area contributed by atoms with Crippen molar-refractivity contribution in [1.82, 2.24) is 9.29 Å². The van der Waals surface area contributed by atoms with Crippen molar-refractivity contribution in [3.63, 3.8) is 0 Å². The average molecular weight is 293 g/mol. The second kappa shape index (κ2) is 5.30. The predicted molar refractivity (Wildman–Crippen MR) is 81.9 cm³/mol. The molecule has 0 bridgehead atoms.